The van der Waals surface area contributed by atoms with Gasteiger partial charge in [0.25, 0.3) is 0 Å². The molecule has 1 N–H and O–H groups in total. The van der Waals surface area contributed by atoms with Crippen molar-refractivity contribution in [3.05, 3.63) is 11.8 Å². The predicted octanol–water partition coefficient (Wildman–Crippen LogP) is 1.46. The van der Waals surface area contributed by atoms with Crippen molar-refractivity contribution in [2.24, 2.45) is 0 Å². The lowest BCUT2D eigenvalue weighted by Crippen LogP contribution is -2.31. The molecule has 72 valence electrons. The average Bonchev–Trinajstić information content (AvgIpc) is 1.81. The minimum absolute atomic E-state index is 0.586. The van der Waals surface area contributed by atoms with E-state index >= 15 is 0 Å². The number of alkyl halides is 1. The molecular weight excluding hydrogens is 187 g/mol. The molecule has 0 saturated heterocycles. The first kappa shape index (κ1) is 11.4. The van der Waals surface area contributed by atoms with Crippen LogP contribution in [0.3, 0.4) is 0 Å². The average molecular weight is 198 g/mol. The summed E-state index contributed by atoms with van der Waals surface area (Å²) in [4.78, 5) is 0. The highest BCUT2D eigenvalue weighted by Crippen LogP contribution is 2.19. The van der Waals surface area contributed by atoms with Gasteiger partial charge in [-0.15, -0.1) is 0 Å². The third-order valence-corrected chi connectivity index (χ3v) is 1.98. The number of halogens is 1. The van der Waals surface area contributed by atoms with E-state index in [-0.39, 0.29) is 0 Å². The number of rotatable bonds is 3. The highest BCUT2D eigenvalue weighted by Gasteiger charge is 2.39. The summed E-state index contributed by atoms with van der Waals surface area (Å²) in [6.45, 7) is 3.81. The van der Waals surface area contributed by atoms with Crippen molar-refractivity contribution in [3.63, 3.8) is 0 Å². The molecule has 4 nitrogen and oxygen atoms in total. The molecule has 0 aromatic heterocycles. The van der Waals surface area contributed by atoms with Crippen molar-refractivity contribution in [1.29, 1.82) is 0 Å². The second-order valence-corrected chi connectivity index (χ2v) is 4.30. The van der Waals surface area contributed by atoms with Crippen LogP contribution >= 0.6 is 0 Å². The normalized spacial score (nSPS) is 16.4. The lowest BCUT2D eigenvalue weighted by Gasteiger charge is -2.15. The van der Waals surface area contributed by atoms with Crippen LogP contribution in [-0.2, 0) is 14.9 Å². The maximum atomic E-state index is 12.9. The molecule has 0 aliphatic carbocycles. The molecule has 6 heteroatoms. The quantitative estimate of drug-likeness (QED) is 0.550. The zero-order chi connectivity index (χ0) is 9.99. The van der Waals surface area contributed by atoms with Crippen LogP contribution in [0.1, 0.15) is 20.8 Å². The fourth-order valence-corrected chi connectivity index (χ4v) is 0.454. The molecule has 0 aromatic rings. The molecule has 0 rings (SSSR count). The van der Waals surface area contributed by atoms with Gasteiger partial charge in [-0.1, -0.05) is 0 Å². The van der Waals surface area contributed by atoms with Gasteiger partial charge in [0.2, 0.25) is 0 Å². The third kappa shape index (κ3) is 3.19. The van der Waals surface area contributed by atoms with E-state index in [0.29, 0.717) is 12.5 Å². The second-order valence-electron chi connectivity index (χ2n) is 2.62. The minimum atomic E-state index is -4.83. The van der Waals surface area contributed by atoms with Crippen molar-refractivity contribution < 1.29 is 22.1 Å². The van der Waals surface area contributed by atoms with E-state index in [1.165, 1.54) is 0 Å². The molecule has 0 saturated carbocycles. The summed E-state index contributed by atoms with van der Waals surface area (Å²) in [5.74, 6) is 0. The van der Waals surface area contributed by atoms with E-state index in [0.717, 1.165) is 6.26 Å². The van der Waals surface area contributed by atoms with Crippen molar-refractivity contribution in [2.45, 2.75) is 26.0 Å². The monoisotopic (exact) mass is 198 g/mol. The number of ether oxygens (including phenoxy) is 1. The first-order chi connectivity index (χ1) is 5.17. The summed E-state index contributed by atoms with van der Waals surface area (Å²) in [5, 5.41) is -3.08. The van der Waals surface area contributed by atoms with Crippen LogP contribution in [0.5, 0.6) is 0 Å². The highest BCUT2D eigenvalue weighted by molar-refractivity contribution is 7.86. The van der Waals surface area contributed by atoms with Gasteiger partial charge in [0, 0.05) is 6.92 Å². The van der Waals surface area contributed by atoms with E-state index in [1.54, 1.807) is 13.8 Å². The van der Waals surface area contributed by atoms with Crippen LogP contribution in [0.15, 0.2) is 11.8 Å². The maximum Gasteiger partial charge on any atom is 0.371 e. The molecule has 0 bridgehead atoms. The van der Waals surface area contributed by atoms with E-state index < -0.39 is 15.3 Å². The van der Waals surface area contributed by atoms with Crippen LogP contribution in [-0.4, -0.2) is 18.2 Å². The molecule has 0 amide bonds. The Labute approximate surface area is 70.8 Å². The van der Waals surface area contributed by atoms with Gasteiger partial charge < -0.3 is 4.74 Å². The second kappa shape index (κ2) is 3.40. The summed E-state index contributed by atoms with van der Waals surface area (Å²) in [6.07, 6.45) is 0.924. The Balaban J connectivity index is 4.57. The first-order valence-corrected chi connectivity index (χ1v) is 4.58. The van der Waals surface area contributed by atoms with Crippen LogP contribution in [0.2, 0.25) is 0 Å². The Hall–Kier alpha value is -0.620. The van der Waals surface area contributed by atoms with Crippen LogP contribution in [0.25, 0.3) is 0 Å². The van der Waals surface area contributed by atoms with Gasteiger partial charge in [-0.2, -0.15) is 12.8 Å². The minimum Gasteiger partial charge on any atom is -0.452 e. The Kier molecular flexibility index (Phi) is 3.23. The predicted molar refractivity (Wildman–Crippen MR) is 41.6 cm³/mol. The molecule has 1 unspecified atom stereocenters. The fourth-order valence-electron chi connectivity index (χ4n) is 0.284. The maximum absolute atomic E-state index is 12.9. The molecule has 0 heterocycles. The number of hydrogen-bond donors (Lipinski definition) is 1. The SMILES string of the molecule is CC(C)=COC(C)(F)S(=O)(=O)O. The third-order valence-electron chi connectivity index (χ3n) is 0.966. The molecule has 0 aliphatic rings. The van der Waals surface area contributed by atoms with Crippen LogP contribution in [0, 0.1) is 0 Å². The van der Waals surface area contributed by atoms with Gasteiger partial charge >= 0.3 is 15.3 Å². The lowest BCUT2D eigenvalue weighted by molar-refractivity contribution is -0.0122. The zero-order valence-electron chi connectivity index (χ0n) is 7.04. The number of allylic oxidation sites excluding steroid dienone is 1. The van der Waals surface area contributed by atoms with Gasteiger partial charge in [0.15, 0.2) is 0 Å². The molecule has 0 spiro atoms. The van der Waals surface area contributed by atoms with Gasteiger partial charge in [-0.3, -0.25) is 4.55 Å². The van der Waals surface area contributed by atoms with Crippen molar-refractivity contribution in [1.82, 2.24) is 0 Å². The van der Waals surface area contributed by atoms with Crippen LogP contribution in [0.4, 0.5) is 4.39 Å². The molecule has 0 aliphatic heterocycles. The Bertz CT molecular complexity index is 274. The van der Waals surface area contributed by atoms with Gasteiger partial charge in [0.1, 0.15) is 0 Å². The van der Waals surface area contributed by atoms with Gasteiger partial charge in [-0.25, -0.2) is 0 Å². The van der Waals surface area contributed by atoms with Gasteiger partial charge in [0.05, 0.1) is 6.26 Å². The molecule has 0 radical (unpaired) electrons. The lowest BCUT2D eigenvalue weighted by atomic mass is 10.4. The summed E-state index contributed by atoms with van der Waals surface area (Å²) >= 11 is 0. The largest absolute Gasteiger partial charge is 0.452 e. The van der Waals surface area contributed by atoms with E-state index in [1.807, 2.05) is 0 Å². The summed E-state index contributed by atoms with van der Waals surface area (Å²) in [6, 6.07) is 0. The molecule has 12 heavy (non-hydrogen) atoms. The standard InChI is InChI=1S/C6H11FO4S/c1-5(2)4-11-6(3,7)12(8,9)10/h4H,1-3H3,(H,8,9,10). The smallest absolute Gasteiger partial charge is 0.371 e. The van der Waals surface area contributed by atoms with Crippen molar-refractivity contribution in [3.8, 4) is 0 Å². The van der Waals surface area contributed by atoms with Crippen molar-refractivity contribution in [2.75, 3.05) is 0 Å². The van der Waals surface area contributed by atoms with Crippen molar-refractivity contribution >= 4 is 10.1 Å². The molecule has 0 fully saturated rings. The highest BCUT2D eigenvalue weighted by atomic mass is 32.2. The topological polar surface area (TPSA) is 63.6 Å². The molecule has 0 aromatic carbocycles. The van der Waals surface area contributed by atoms with E-state index in [2.05, 4.69) is 4.74 Å². The number of hydrogen-bond acceptors (Lipinski definition) is 3. The molecule has 1 atom stereocenters. The van der Waals surface area contributed by atoms with E-state index in [9.17, 15) is 12.8 Å². The van der Waals surface area contributed by atoms with Crippen LogP contribution < -0.4 is 0 Å². The van der Waals surface area contributed by atoms with E-state index in [4.69, 9.17) is 4.55 Å². The summed E-state index contributed by atoms with van der Waals surface area (Å²) in [7, 11) is -4.83. The first-order valence-electron chi connectivity index (χ1n) is 3.14. The molecular formula is C6H11FO4S. The van der Waals surface area contributed by atoms with Gasteiger partial charge in [-0.05, 0) is 19.4 Å². The fraction of sp³-hybridized carbons (Fsp3) is 0.667. The summed E-state index contributed by atoms with van der Waals surface area (Å²) < 4.78 is 45.9. The Morgan fingerprint density at radius 1 is 1.58 bits per heavy atom. The zero-order valence-corrected chi connectivity index (χ0v) is 7.85. The Morgan fingerprint density at radius 2 is 2.00 bits per heavy atom. The summed E-state index contributed by atoms with van der Waals surface area (Å²) in [5.41, 5.74) is 0.586. The Morgan fingerprint density at radius 3 is 2.25 bits per heavy atom.